The lowest BCUT2D eigenvalue weighted by Crippen LogP contribution is -2.18. The van der Waals surface area contributed by atoms with E-state index in [1.54, 1.807) is 0 Å². The maximum Gasteiger partial charge on any atom is 0.224 e. The summed E-state index contributed by atoms with van der Waals surface area (Å²) in [7, 11) is 1.86. The predicted octanol–water partition coefficient (Wildman–Crippen LogP) is 3.66. The van der Waals surface area contributed by atoms with E-state index in [1.807, 2.05) is 25.2 Å². The molecule has 0 unspecified atom stereocenters. The van der Waals surface area contributed by atoms with E-state index in [0.29, 0.717) is 5.95 Å². The fourth-order valence-corrected chi connectivity index (χ4v) is 2.96. The summed E-state index contributed by atoms with van der Waals surface area (Å²) >= 11 is 0. The van der Waals surface area contributed by atoms with Crippen LogP contribution in [0, 0.1) is 5.92 Å². The first-order chi connectivity index (χ1) is 9.86. The summed E-state index contributed by atoms with van der Waals surface area (Å²) in [5.74, 6) is 2.41. The Labute approximate surface area is 120 Å². The van der Waals surface area contributed by atoms with Crippen LogP contribution >= 0.6 is 0 Å². The van der Waals surface area contributed by atoms with Gasteiger partial charge in [-0.15, -0.1) is 0 Å². The van der Waals surface area contributed by atoms with Gasteiger partial charge in [0, 0.05) is 19.0 Å². The first kappa shape index (κ1) is 13.2. The third kappa shape index (κ3) is 2.84. The van der Waals surface area contributed by atoms with E-state index in [-0.39, 0.29) is 0 Å². The highest BCUT2D eigenvalue weighted by Gasteiger charge is 2.14. The lowest BCUT2D eigenvalue weighted by molar-refractivity contribution is 0.373. The third-order valence-electron chi connectivity index (χ3n) is 4.11. The van der Waals surface area contributed by atoms with Crippen LogP contribution in [0.1, 0.15) is 32.1 Å². The second kappa shape index (κ2) is 6.07. The molecule has 2 aromatic rings. The van der Waals surface area contributed by atoms with Crippen LogP contribution in [0.4, 0.5) is 11.8 Å². The van der Waals surface area contributed by atoms with E-state index in [4.69, 9.17) is 0 Å². The van der Waals surface area contributed by atoms with E-state index in [9.17, 15) is 0 Å². The van der Waals surface area contributed by atoms with Gasteiger partial charge in [-0.05, 0) is 30.9 Å². The molecule has 1 aromatic carbocycles. The maximum absolute atomic E-state index is 4.57. The Balaban J connectivity index is 1.81. The molecule has 1 fully saturated rings. The number of nitrogens with one attached hydrogen (secondary N) is 2. The van der Waals surface area contributed by atoms with Gasteiger partial charge in [-0.2, -0.15) is 4.98 Å². The Bertz CT molecular complexity index is 576. The standard InChI is InChI=1S/C16H22N4/c1-17-16-19-14-10-6-5-9-13(14)15(20-16)18-11-12-7-3-2-4-8-12/h5-6,9-10,12H,2-4,7-8,11H2,1H3,(H2,17,18,19,20). The summed E-state index contributed by atoms with van der Waals surface area (Å²) in [4.78, 5) is 9.06. The fourth-order valence-electron chi connectivity index (χ4n) is 2.96. The number of fused-ring (bicyclic) bond motifs is 1. The summed E-state index contributed by atoms with van der Waals surface area (Å²) in [6.07, 6.45) is 6.83. The van der Waals surface area contributed by atoms with E-state index in [0.717, 1.165) is 29.2 Å². The molecule has 0 amide bonds. The number of anilines is 2. The normalized spacial score (nSPS) is 16.2. The topological polar surface area (TPSA) is 49.8 Å². The monoisotopic (exact) mass is 270 g/mol. The molecule has 0 aliphatic heterocycles. The molecule has 106 valence electrons. The van der Waals surface area contributed by atoms with Gasteiger partial charge >= 0.3 is 0 Å². The van der Waals surface area contributed by atoms with Gasteiger partial charge in [0.1, 0.15) is 5.82 Å². The van der Waals surface area contributed by atoms with E-state index < -0.39 is 0 Å². The van der Waals surface area contributed by atoms with Crippen LogP contribution in [0.2, 0.25) is 0 Å². The van der Waals surface area contributed by atoms with Gasteiger partial charge in [-0.25, -0.2) is 4.98 Å². The summed E-state index contributed by atoms with van der Waals surface area (Å²) in [5, 5.41) is 7.68. The van der Waals surface area contributed by atoms with Crippen molar-refractivity contribution < 1.29 is 0 Å². The highest BCUT2D eigenvalue weighted by Crippen LogP contribution is 2.26. The molecule has 0 radical (unpaired) electrons. The second-order valence-corrected chi connectivity index (χ2v) is 5.55. The number of hydrogen-bond donors (Lipinski definition) is 2. The summed E-state index contributed by atoms with van der Waals surface area (Å²) in [6.45, 7) is 1.02. The number of rotatable bonds is 4. The molecule has 0 bridgehead atoms. The molecule has 3 rings (SSSR count). The molecule has 4 nitrogen and oxygen atoms in total. The molecule has 1 heterocycles. The van der Waals surface area contributed by atoms with Crippen LogP contribution in [0.25, 0.3) is 10.9 Å². The zero-order valence-electron chi connectivity index (χ0n) is 12.0. The Hall–Kier alpha value is -1.84. The van der Waals surface area contributed by atoms with Crippen LogP contribution in [0.5, 0.6) is 0 Å². The van der Waals surface area contributed by atoms with Crippen LogP contribution in [-0.2, 0) is 0 Å². The SMILES string of the molecule is CNc1nc(NCC2CCCCC2)c2ccccc2n1. The first-order valence-electron chi connectivity index (χ1n) is 7.55. The van der Waals surface area contributed by atoms with Gasteiger partial charge < -0.3 is 10.6 Å². The molecule has 1 aliphatic rings. The lowest BCUT2D eigenvalue weighted by atomic mass is 9.89. The quantitative estimate of drug-likeness (QED) is 0.890. The smallest absolute Gasteiger partial charge is 0.224 e. The van der Waals surface area contributed by atoms with E-state index in [2.05, 4.69) is 26.7 Å². The van der Waals surface area contributed by atoms with Crippen molar-refractivity contribution in [3.63, 3.8) is 0 Å². The summed E-state index contributed by atoms with van der Waals surface area (Å²) < 4.78 is 0. The van der Waals surface area contributed by atoms with Crippen molar-refractivity contribution in [1.82, 2.24) is 9.97 Å². The number of aromatic nitrogens is 2. The van der Waals surface area contributed by atoms with Gasteiger partial charge in [-0.1, -0.05) is 31.4 Å². The van der Waals surface area contributed by atoms with Gasteiger partial charge in [-0.3, -0.25) is 0 Å². The van der Waals surface area contributed by atoms with Crippen molar-refractivity contribution >= 4 is 22.7 Å². The molecular formula is C16H22N4. The number of nitrogens with zero attached hydrogens (tertiary/aromatic N) is 2. The highest BCUT2D eigenvalue weighted by atomic mass is 15.1. The van der Waals surface area contributed by atoms with Crippen molar-refractivity contribution in [3.05, 3.63) is 24.3 Å². The van der Waals surface area contributed by atoms with Crippen LogP contribution in [0.3, 0.4) is 0 Å². The van der Waals surface area contributed by atoms with Crippen molar-refractivity contribution in [2.24, 2.45) is 5.92 Å². The number of benzene rings is 1. The minimum Gasteiger partial charge on any atom is -0.369 e. The van der Waals surface area contributed by atoms with Crippen molar-refractivity contribution in [3.8, 4) is 0 Å². The molecule has 4 heteroatoms. The molecule has 1 saturated carbocycles. The van der Waals surface area contributed by atoms with E-state index >= 15 is 0 Å². The largest absolute Gasteiger partial charge is 0.369 e. The first-order valence-corrected chi connectivity index (χ1v) is 7.55. The van der Waals surface area contributed by atoms with Crippen molar-refractivity contribution in [2.75, 3.05) is 24.2 Å². The fraction of sp³-hybridized carbons (Fsp3) is 0.500. The number of para-hydroxylation sites is 1. The van der Waals surface area contributed by atoms with Crippen LogP contribution in [-0.4, -0.2) is 23.6 Å². The van der Waals surface area contributed by atoms with Gasteiger partial charge in [0.2, 0.25) is 5.95 Å². The average Bonchev–Trinajstić information content (AvgIpc) is 2.53. The van der Waals surface area contributed by atoms with Crippen LogP contribution < -0.4 is 10.6 Å². The Morgan fingerprint density at radius 3 is 2.70 bits per heavy atom. The molecule has 0 saturated heterocycles. The van der Waals surface area contributed by atoms with Crippen molar-refractivity contribution in [1.29, 1.82) is 0 Å². The molecule has 2 N–H and O–H groups in total. The Morgan fingerprint density at radius 2 is 1.90 bits per heavy atom. The molecular weight excluding hydrogens is 248 g/mol. The maximum atomic E-state index is 4.57. The van der Waals surface area contributed by atoms with Gasteiger partial charge in [0.25, 0.3) is 0 Å². The minimum atomic E-state index is 0.676. The summed E-state index contributed by atoms with van der Waals surface area (Å²) in [6, 6.07) is 8.16. The van der Waals surface area contributed by atoms with Crippen LogP contribution in [0.15, 0.2) is 24.3 Å². The molecule has 0 spiro atoms. The predicted molar refractivity (Wildman–Crippen MR) is 84.1 cm³/mol. The highest BCUT2D eigenvalue weighted by molar-refractivity contribution is 5.89. The minimum absolute atomic E-state index is 0.676. The Kier molecular flexibility index (Phi) is 4.00. The molecule has 1 aromatic heterocycles. The molecule has 1 aliphatic carbocycles. The van der Waals surface area contributed by atoms with Crippen molar-refractivity contribution in [2.45, 2.75) is 32.1 Å². The number of hydrogen-bond acceptors (Lipinski definition) is 4. The average molecular weight is 270 g/mol. The van der Waals surface area contributed by atoms with E-state index in [1.165, 1.54) is 32.1 Å². The molecule has 0 atom stereocenters. The zero-order chi connectivity index (χ0) is 13.8. The lowest BCUT2D eigenvalue weighted by Gasteiger charge is -2.22. The zero-order valence-corrected chi connectivity index (χ0v) is 12.0. The molecule has 20 heavy (non-hydrogen) atoms. The second-order valence-electron chi connectivity index (χ2n) is 5.55. The van der Waals surface area contributed by atoms with Gasteiger partial charge in [0.05, 0.1) is 5.52 Å². The Morgan fingerprint density at radius 1 is 1.10 bits per heavy atom. The third-order valence-corrected chi connectivity index (χ3v) is 4.11. The van der Waals surface area contributed by atoms with Gasteiger partial charge in [0.15, 0.2) is 0 Å². The summed E-state index contributed by atoms with van der Waals surface area (Å²) in [5.41, 5.74) is 0.984.